The Morgan fingerprint density at radius 1 is 1.12 bits per heavy atom. The van der Waals surface area contributed by atoms with Crippen molar-refractivity contribution in [3.63, 3.8) is 0 Å². The molecule has 1 unspecified atom stereocenters. The fraction of sp³-hybridized carbons (Fsp3) is 0.333. The van der Waals surface area contributed by atoms with Gasteiger partial charge in [0.05, 0.1) is 17.1 Å². The number of fused-ring (bicyclic) bond motifs is 1. The van der Waals surface area contributed by atoms with Gasteiger partial charge in [-0.1, -0.05) is 48.0 Å². The summed E-state index contributed by atoms with van der Waals surface area (Å²) in [5.41, 5.74) is 4.05. The van der Waals surface area contributed by atoms with Gasteiger partial charge in [-0.3, -0.25) is 0 Å². The fourth-order valence-corrected chi connectivity index (χ4v) is 6.52. The SMILES string of the molecule is O=S1(=O)CCCc2nc(-c3cccc(Cl)c3)nc(Cc3ccc(CC4COB(O)C4)cc3)c21. The number of halogens is 1. The van der Waals surface area contributed by atoms with Crippen LogP contribution >= 0.6 is 11.6 Å². The van der Waals surface area contributed by atoms with Crippen LogP contribution in [0.2, 0.25) is 11.3 Å². The summed E-state index contributed by atoms with van der Waals surface area (Å²) >= 11 is 6.16. The van der Waals surface area contributed by atoms with Gasteiger partial charge < -0.3 is 9.68 Å². The van der Waals surface area contributed by atoms with Gasteiger partial charge in [-0.25, -0.2) is 18.4 Å². The molecule has 2 aliphatic rings. The minimum Gasteiger partial charge on any atom is -0.427 e. The zero-order valence-corrected chi connectivity index (χ0v) is 19.6. The highest BCUT2D eigenvalue weighted by atomic mass is 35.5. The lowest BCUT2D eigenvalue weighted by atomic mass is 9.80. The number of rotatable bonds is 5. The van der Waals surface area contributed by atoms with E-state index in [9.17, 15) is 13.4 Å². The number of sulfone groups is 1. The minimum absolute atomic E-state index is 0.126. The van der Waals surface area contributed by atoms with E-state index in [1.54, 1.807) is 12.1 Å². The van der Waals surface area contributed by atoms with E-state index in [-0.39, 0.29) is 5.75 Å². The molecule has 0 saturated carbocycles. The van der Waals surface area contributed by atoms with E-state index in [0.29, 0.717) is 65.2 Å². The fourth-order valence-electron chi connectivity index (χ4n) is 4.62. The predicted molar refractivity (Wildman–Crippen MR) is 128 cm³/mol. The van der Waals surface area contributed by atoms with Crippen LogP contribution in [0.1, 0.15) is 28.9 Å². The lowest BCUT2D eigenvalue weighted by molar-refractivity contribution is 0.274. The molecule has 3 aromatic rings. The Hall–Kier alpha value is -2.26. The molecular weight excluding hydrogens is 459 g/mol. The van der Waals surface area contributed by atoms with Crippen molar-refractivity contribution in [1.29, 1.82) is 0 Å². The highest BCUT2D eigenvalue weighted by Crippen LogP contribution is 2.31. The maximum absolute atomic E-state index is 12.9. The van der Waals surface area contributed by atoms with Gasteiger partial charge in [0.15, 0.2) is 15.7 Å². The van der Waals surface area contributed by atoms with Crippen molar-refractivity contribution in [1.82, 2.24) is 9.97 Å². The zero-order chi connectivity index (χ0) is 23.0. The van der Waals surface area contributed by atoms with Crippen molar-refractivity contribution in [2.45, 2.75) is 36.9 Å². The van der Waals surface area contributed by atoms with Crippen LogP contribution < -0.4 is 0 Å². The minimum atomic E-state index is -3.42. The van der Waals surface area contributed by atoms with E-state index in [1.807, 2.05) is 24.3 Å². The van der Waals surface area contributed by atoms with Crippen LogP contribution in [-0.2, 0) is 33.8 Å². The summed E-state index contributed by atoms with van der Waals surface area (Å²) in [4.78, 5) is 9.62. The van der Waals surface area contributed by atoms with Crippen LogP contribution in [0, 0.1) is 5.92 Å². The average Bonchev–Trinajstić information content (AvgIpc) is 3.19. The third-order valence-electron chi connectivity index (χ3n) is 6.20. The Balaban J connectivity index is 1.47. The van der Waals surface area contributed by atoms with Gasteiger partial charge in [0.2, 0.25) is 0 Å². The van der Waals surface area contributed by atoms with Gasteiger partial charge in [-0.15, -0.1) is 0 Å². The van der Waals surface area contributed by atoms with Gasteiger partial charge in [-0.2, -0.15) is 0 Å². The molecule has 1 aromatic heterocycles. The molecule has 170 valence electrons. The monoisotopic (exact) mass is 482 g/mol. The van der Waals surface area contributed by atoms with Gasteiger partial charge in [-0.05, 0) is 54.8 Å². The Kier molecular flexibility index (Phi) is 6.27. The summed E-state index contributed by atoms with van der Waals surface area (Å²) < 4.78 is 31.1. The Bertz CT molecular complexity index is 1280. The normalized spacial score (nSPS) is 19.5. The van der Waals surface area contributed by atoms with Crippen molar-refractivity contribution in [2.75, 3.05) is 12.4 Å². The van der Waals surface area contributed by atoms with Gasteiger partial charge >= 0.3 is 7.12 Å². The Morgan fingerprint density at radius 3 is 2.64 bits per heavy atom. The molecule has 2 aliphatic heterocycles. The average molecular weight is 483 g/mol. The van der Waals surface area contributed by atoms with Gasteiger partial charge in [0.25, 0.3) is 0 Å². The summed E-state index contributed by atoms with van der Waals surface area (Å²) in [6.45, 7) is 0.570. The van der Waals surface area contributed by atoms with Crippen molar-refractivity contribution < 1.29 is 18.1 Å². The molecule has 0 radical (unpaired) electrons. The molecule has 0 bridgehead atoms. The molecule has 9 heteroatoms. The van der Waals surface area contributed by atoms with E-state index in [2.05, 4.69) is 17.1 Å². The van der Waals surface area contributed by atoms with E-state index < -0.39 is 17.0 Å². The first-order chi connectivity index (χ1) is 15.9. The summed E-state index contributed by atoms with van der Waals surface area (Å²) in [6, 6.07) is 15.4. The second-order valence-electron chi connectivity index (χ2n) is 8.79. The molecule has 1 N–H and O–H groups in total. The van der Waals surface area contributed by atoms with Crippen molar-refractivity contribution in [2.24, 2.45) is 5.92 Å². The first-order valence-electron chi connectivity index (χ1n) is 11.1. The van der Waals surface area contributed by atoms with Crippen molar-refractivity contribution >= 4 is 28.6 Å². The lowest BCUT2D eigenvalue weighted by Gasteiger charge is -2.20. The second kappa shape index (κ2) is 9.18. The molecule has 0 aliphatic carbocycles. The topological polar surface area (TPSA) is 89.4 Å². The smallest absolute Gasteiger partial charge is 0.427 e. The molecular formula is C24H24BClN2O4S. The number of hydrogen-bond donors (Lipinski definition) is 1. The molecule has 0 amide bonds. The van der Waals surface area contributed by atoms with Crippen molar-refractivity contribution in [3.8, 4) is 11.4 Å². The number of aromatic nitrogens is 2. The van der Waals surface area contributed by atoms with Crippen LogP contribution in [0.25, 0.3) is 11.4 Å². The molecule has 2 aromatic carbocycles. The number of hydrogen-bond acceptors (Lipinski definition) is 6. The quantitative estimate of drug-likeness (QED) is 0.557. The molecule has 6 nitrogen and oxygen atoms in total. The first kappa shape index (κ1) is 22.5. The molecule has 3 heterocycles. The maximum atomic E-state index is 12.9. The maximum Gasteiger partial charge on any atom is 0.454 e. The highest BCUT2D eigenvalue weighted by Gasteiger charge is 2.30. The lowest BCUT2D eigenvalue weighted by Crippen LogP contribution is -2.21. The largest absolute Gasteiger partial charge is 0.454 e. The molecule has 1 saturated heterocycles. The molecule has 1 atom stereocenters. The Labute approximate surface area is 199 Å². The number of nitrogens with zero attached hydrogens (tertiary/aromatic N) is 2. The zero-order valence-electron chi connectivity index (χ0n) is 18.1. The third-order valence-corrected chi connectivity index (χ3v) is 8.36. The van der Waals surface area contributed by atoms with Crippen molar-refractivity contribution in [3.05, 3.63) is 76.1 Å². The van der Waals surface area contributed by atoms with E-state index in [1.165, 1.54) is 5.56 Å². The predicted octanol–water partition coefficient (Wildman–Crippen LogP) is 3.78. The summed E-state index contributed by atoms with van der Waals surface area (Å²) in [5.74, 6) is 0.936. The second-order valence-corrected chi connectivity index (χ2v) is 11.3. The standard InChI is InChI=1S/C24H24BClN2O4S/c26-20-4-1-3-19(13-20)24-27-21-5-2-10-33(30,31)23(21)22(28-24)12-17-8-6-16(7-9-17)11-18-14-25(29)32-15-18/h1,3-4,6-9,13,18,29H,2,5,10-12,14-15H2. The third kappa shape index (κ3) is 4.99. The van der Waals surface area contributed by atoms with Gasteiger partial charge in [0.1, 0.15) is 4.90 Å². The Morgan fingerprint density at radius 2 is 1.91 bits per heavy atom. The molecule has 33 heavy (non-hydrogen) atoms. The number of benzene rings is 2. The first-order valence-corrected chi connectivity index (χ1v) is 13.2. The van der Waals surface area contributed by atoms with Gasteiger partial charge in [0, 0.05) is 23.6 Å². The van der Waals surface area contributed by atoms with Crippen LogP contribution in [0.15, 0.2) is 53.4 Å². The summed E-state index contributed by atoms with van der Waals surface area (Å²) in [7, 11) is -4.08. The van der Waals surface area contributed by atoms with E-state index in [4.69, 9.17) is 21.2 Å². The number of aryl methyl sites for hydroxylation is 1. The highest BCUT2D eigenvalue weighted by molar-refractivity contribution is 7.91. The van der Waals surface area contributed by atoms with Crippen LogP contribution in [0.4, 0.5) is 0 Å². The van der Waals surface area contributed by atoms with Crippen LogP contribution in [-0.4, -0.2) is 42.9 Å². The van der Waals surface area contributed by atoms with E-state index >= 15 is 0 Å². The molecule has 0 spiro atoms. The summed E-state index contributed by atoms with van der Waals surface area (Å²) in [6.07, 6.45) is 3.08. The molecule has 1 fully saturated rings. The van der Waals surface area contributed by atoms with Crippen LogP contribution in [0.5, 0.6) is 0 Å². The van der Waals surface area contributed by atoms with Crippen LogP contribution in [0.3, 0.4) is 0 Å². The summed E-state index contributed by atoms with van der Waals surface area (Å²) in [5, 5.41) is 10.1. The van der Waals surface area contributed by atoms with E-state index in [0.717, 1.165) is 17.5 Å². The molecule has 5 rings (SSSR count).